The van der Waals surface area contributed by atoms with Crippen LogP contribution in [-0.2, 0) is 16.0 Å². The zero-order valence-electron chi connectivity index (χ0n) is 13.2. The Kier molecular flexibility index (Phi) is 5.32. The van der Waals surface area contributed by atoms with E-state index in [-0.39, 0.29) is 18.6 Å². The first kappa shape index (κ1) is 16.7. The van der Waals surface area contributed by atoms with Crippen LogP contribution in [0.2, 0.25) is 0 Å². The van der Waals surface area contributed by atoms with Crippen molar-refractivity contribution in [3.05, 3.63) is 35.2 Å². The van der Waals surface area contributed by atoms with Crippen LogP contribution in [0.3, 0.4) is 0 Å². The summed E-state index contributed by atoms with van der Waals surface area (Å²) in [6, 6.07) is 8.19. The third-order valence-electron chi connectivity index (χ3n) is 4.14. The van der Waals surface area contributed by atoms with E-state index in [1.54, 1.807) is 16.2 Å². The number of fused-ring (bicyclic) bond motifs is 1. The van der Waals surface area contributed by atoms with Crippen LogP contribution in [0.4, 0.5) is 4.79 Å². The van der Waals surface area contributed by atoms with Gasteiger partial charge in [0.05, 0.1) is 6.61 Å². The molecule has 0 radical (unpaired) electrons. The third kappa shape index (κ3) is 4.24. The number of carboxylic acid groups (broad SMARTS) is 1. The molecule has 1 aliphatic rings. The average molecular weight is 347 g/mol. The summed E-state index contributed by atoms with van der Waals surface area (Å²) in [4.78, 5) is 24.2. The van der Waals surface area contributed by atoms with Gasteiger partial charge in [-0.15, -0.1) is 11.3 Å². The fourth-order valence-electron chi connectivity index (χ4n) is 2.88. The Morgan fingerprint density at radius 1 is 1.38 bits per heavy atom. The number of nitrogens with one attached hydrogen (secondary N) is 1. The molecule has 3 rings (SSSR count). The predicted molar refractivity (Wildman–Crippen MR) is 89.9 cm³/mol. The highest BCUT2D eigenvalue weighted by molar-refractivity contribution is 7.17. The van der Waals surface area contributed by atoms with Crippen LogP contribution in [-0.4, -0.2) is 49.2 Å². The van der Waals surface area contributed by atoms with Gasteiger partial charge >= 0.3 is 0 Å². The van der Waals surface area contributed by atoms with Crippen LogP contribution in [0.5, 0.6) is 0 Å². The van der Waals surface area contributed by atoms with Gasteiger partial charge in [0.2, 0.25) is 5.91 Å². The van der Waals surface area contributed by atoms with Gasteiger partial charge in [-0.05, 0) is 41.3 Å². The SMILES string of the molecule is O=C([O-])NC1CCN(C(=O)COCCc2ccc3sccc3c2)C1. The van der Waals surface area contributed by atoms with Gasteiger partial charge in [-0.2, -0.15) is 0 Å². The lowest BCUT2D eigenvalue weighted by molar-refractivity contribution is -0.251. The van der Waals surface area contributed by atoms with Crippen LogP contribution < -0.4 is 10.4 Å². The summed E-state index contributed by atoms with van der Waals surface area (Å²) in [6.07, 6.45) is 0.0713. The Morgan fingerprint density at radius 3 is 3.08 bits per heavy atom. The Labute approximate surface area is 144 Å². The van der Waals surface area contributed by atoms with Gasteiger partial charge in [-0.25, -0.2) is 0 Å². The van der Waals surface area contributed by atoms with Crippen molar-refractivity contribution in [3.8, 4) is 0 Å². The van der Waals surface area contributed by atoms with E-state index in [4.69, 9.17) is 4.74 Å². The number of carbonyl (C=O) groups is 2. The van der Waals surface area contributed by atoms with E-state index in [1.165, 1.54) is 15.6 Å². The maximum Gasteiger partial charge on any atom is 0.248 e. The van der Waals surface area contributed by atoms with Crippen molar-refractivity contribution in [2.45, 2.75) is 18.9 Å². The number of thiophene rings is 1. The number of carbonyl (C=O) groups excluding carboxylic acids is 2. The zero-order chi connectivity index (χ0) is 16.9. The topological polar surface area (TPSA) is 81.7 Å². The monoisotopic (exact) mass is 347 g/mol. The molecule has 2 heterocycles. The summed E-state index contributed by atoms with van der Waals surface area (Å²) >= 11 is 1.72. The van der Waals surface area contributed by atoms with E-state index < -0.39 is 6.09 Å². The predicted octanol–water partition coefficient (Wildman–Crippen LogP) is 0.994. The minimum atomic E-state index is -1.30. The molecule has 6 nitrogen and oxygen atoms in total. The number of nitrogens with zero attached hydrogens (tertiary/aromatic N) is 1. The largest absolute Gasteiger partial charge is 0.530 e. The molecule has 24 heavy (non-hydrogen) atoms. The Hall–Kier alpha value is -2.12. The molecule has 1 aromatic carbocycles. The molecule has 1 saturated heterocycles. The number of likely N-dealkylation sites (tertiary alicyclic amines) is 1. The van der Waals surface area contributed by atoms with Crippen LogP contribution in [0.15, 0.2) is 29.6 Å². The maximum atomic E-state index is 12.0. The molecule has 1 atom stereocenters. The molecule has 0 aliphatic carbocycles. The van der Waals surface area contributed by atoms with Crippen LogP contribution in [0.25, 0.3) is 10.1 Å². The second-order valence-electron chi connectivity index (χ2n) is 5.85. The highest BCUT2D eigenvalue weighted by atomic mass is 32.1. The molecular weight excluding hydrogens is 328 g/mol. The van der Waals surface area contributed by atoms with E-state index in [0.717, 1.165) is 6.42 Å². The van der Waals surface area contributed by atoms with Crippen LogP contribution in [0, 0.1) is 0 Å². The minimum Gasteiger partial charge on any atom is -0.530 e. The first-order valence-corrected chi connectivity index (χ1v) is 8.79. The van der Waals surface area contributed by atoms with Crippen LogP contribution >= 0.6 is 11.3 Å². The van der Waals surface area contributed by atoms with Gasteiger partial charge in [0.1, 0.15) is 12.7 Å². The fourth-order valence-corrected chi connectivity index (χ4v) is 3.65. The van der Waals surface area contributed by atoms with E-state index >= 15 is 0 Å². The molecule has 1 aromatic heterocycles. The molecule has 7 heteroatoms. The number of benzene rings is 1. The second kappa shape index (κ2) is 7.63. The number of amides is 2. The average Bonchev–Trinajstić information content (AvgIpc) is 3.19. The number of ether oxygens (including phenoxy) is 1. The highest BCUT2D eigenvalue weighted by Gasteiger charge is 2.25. The molecular formula is C17H19N2O4S-. The fraction of sp³-hybridized carbons (Fsp3) is 0.412. The quantitative estimate of drug-likeness (QED) is 0.790. The second-order valence-corrected chi connectivity index (χ2v) is 6.80. The van der Waals surface area contributed by atoms with Crippen molar-refractivity contribution in [1.82, 2.24) is 10.2 Å². The van der Waals surface area contributed by atoms with Crippen molar-refractivity contribution in [2.75, 3.05) is 26.3 Å². The first-order valence-electron chi connectivity index (χ1n) is 7.91. The lowest BCUT2D eigenvalue weighted by Gasteiger charge is -2.17. The van der Waals surface area contributed by atoms with Gasteiger partial charge < -0.3 is 24.9 Å². The standard InChI is InChI=1S/C17H20N2O4S/c20-16(19-6-3-14(10-19)18-17(21)22)11-23-7-4-12-1-2-15-13(9-12)5-8-24-15/h1-2,5,8-9,14,18H,3-4,6-7,10-11H2,(H,21,22)/p-1. The summed E-state index contributed by atoms with van der Waals surface area (Å²) in [7, 11) is 0. The van der Waals surface area contributed by atoms with Crippen molar-refractivity contribution < 1.29 is 19.4 Å². The molecule has 2 aromatic rings. The lowest BCUT2D eigenvalue weighted by Crippen LogP contribution is -2.45. The molecule has 1 aliphatic heterocycles. The van der Waals surface area contributed by atoms with Gasteiger partial charge in [0, 0.05) is 23.8 Å². The van der Waals surface area contributed by atoms with E-state index in [1.807, 2.05) is 0 Å². The Morgan fingerprint density at radius 2 is 2.25 bits per heavy atom. The van der Waals surface area contributed by atoms with Crippen LogP contribution in [0.1, 0.15) is 12.0 Å². The van der Waals surface area contributed by atoms with Crippen molar-refractivity contribution >= 4 is 33.4 Å². The maximum absolute atomic E-state index is 12.0. The summed E-state index contributed by atoms with van der Waals surface area (Å²) < 4.78 is 6.75. The summed E-state index contributed by atoms with van der Waals surface area (Å²) in [5.74, 6) is -0.106. The summed E-state index contributed by atoms with van der Waals surface area (Å²) in [5.41, 5.74) is 1.19. The van der Waals surface area contributed by atoms with Gasteiger partial charge in [-0.3, -0.25) is 4.79 Å². The Bertz CT molecular complexity index is 730. The Balaban J connectivity index is 1.38. The molecule has 1 fully saturated rings. The molecule has 0 saturated carbocycles. The molecule has 2 amide bonds. The molecule has 1 unspecified atom stereocenters. The smallest absolute Gasteiger partial charge is 0.248 e. The lowest BCUT2D eigenvalue weighted by atomic mass is 10.1. The normalized spacial score (nSPS) is 17.3. The van der Waals surface area contributed by atoms with Gasteiger partial charge in [0.15, 0.2) is 0 Å². The summed E-state index contributed by atoms with van der Waals surface area (Å²) in [5, 5.41) is 16.1. The van der Waals surface area contributed by atoms with E-state index in [0.29, 0.717) is 26.1 Å². The minimum absolute atomic E-state index is 0.0265. The number of hydrogen-bond acceptors (Lipinski definition) is 5. The van der Waals surface area contributed by atoms with Gasteiger partial charge in [0.25, 0.3) is 0 Å². The summed E-state index contributed by atoms with van der Waals surface area (Å²) in [6.45, 7) is 1.43. The number of rotatable bonds is 6. The molecule has 1 N–H and O–H groups in total. The van der Waals surface area contributed by atoms with Gasteiger partial charge in [-0.1, -0.05) is 12.1 Å². The molecule has 0 bridgehead atoms. The molecule has 0 spiro atoms. The number of hydrogen-bond donors (Lipinski definition) is 1. The zero-order valence-corrected chi connectivity index (χ0v) is 14.0. The molecule has 128 valence electrons. The van der Waals surface area contributed by atoms with Crippen molar-refractivity contribution in [1.29, 1.82) is 0 Å². The van der Waals surface area contributed by atoms with E-state index in [2.05, 4.69) is 35.0 Å². The van der Waals surface area contributed by atoms with E-state index in [9.17, 15) is 14.7 Å². The van der Waals surface area contributed by atoms with Crippen molar-refractivity contribution in [2.24, 2.45) is 0 Å². The third-order valence-corrected chi connectivity index (χ3v) is 5.04. The first-order chi connectivity index (χ1) is 11.6. The van der Waals surface area contributed by atoms with Crippen molar-refractivity contribution in [3.63, 3.8) is 0 Å². The highest BCUT2D eigenvalue weighted by Crippen LogP contribution is 2.21.